The summed E-state index contributed by atoms with van der Waals surface area (Å²) in [5.74, 6) is -0.354. The second kappa shape index (κ2) is 6.18. The predicted octanol–water partition coefficient (Wildman–Crippen LogP) is 3.51. The molecule has 1 aliphatic heterocycles. The molecule has 0 bridgehead atoms. The smallest absolute Gasteiger partial charge is 0.354 e. The second-order valence-corrected chi connectivity index (χ2v) is 6.23. The van der Waals surface area contributed by atoms with E-state index in [2.05, 4.69) is 9.88 Å². The molecule has 0 saturated carbocycles. The first-order chi connectivity index (χ1) is 12.2. The van der Waals surface area contributed by atoms with E-state index >= 15 is 0 Å². The van der Waals surface area contributed by atoms with Gasteiger partial charge in [-0.25, -0.2) is 9.78 Å². The molecule has 1 aromatic heterocycles. The maximum atomic E-state index is 11.5. The van der Waals surface area contributed by atoms with Crippen LogP contribution >= 0.6 is 0 Å². The van der Waals surface area contributed by atoms with Crippen LogP contribution in [0.25, 0.3) is 10.8 Å². The molecule has 0 radical (unpaired) electrons. The molecule has 4 rings (SSSR count). The van der Waals surface area contributed by atoms with Crippen molar-refractivity contribution in [3.05, 3.63) is 65.4 Å². The molecule has 0 unspecified atom stereocenters. The van der Waals surface area contributed by atoms with E-state index in [4.69, 9.17) is 0 Å². The number of aliphatic hydroxyl groups is 1. The van der Waals surface area contributed by atoms with Crippen molar-refractivity contribution in [1.82, 2.24) is 4.98 Å². The zero-order chi connectivity index (χ0) is 17.4. The number of pyridine rings is 1. The molecule has 5 heteroatoms. The highest BCUT2D eigenvalue weighted by atomic mass is 16.4. The minimum atomic E-state index is -1.03. The number of rotatable bonds is 3. The number of hydrogen-bond acceptors (Lipinski definition) is 4. The molecule has 126 valence electrons. The van der Waals surface area contributed by atoms with E-state index in [0.717, 1.165) is 47.0 Å². The van der Waals surface area contributed by atoms with Crippen molar-refractivity contribution in [1.29, 1.82) is 0 Å². The summed E-state index contributed by atoms with van der Waals surface area (Å²) in [7, 11) is 0. The molecule has 0 spiro atoms. The van der Waals surface area contributed by atoms with Crippen molar-refractivity contribution in [3.63, 3.8) is 0 Å². The van der Waals surface area contributed by atoms with Crippen LogP contribution in [0.1, 0.15) is 28.0 Å². The number of carboxylic acid groups (broad SMARTS) is 1. The maximum absolute atomic E-state index is 11.5. The Labute approximate surface area is 145 Å². The lowest BCUT2D eigenvalue weighted by Crippen LogP contribution is -2.26. The number of aromatic nitrogens is 1. The lowest BCUT2D eigenvalue weighted by atomic mass is 9.98. The number of fused-ring (bicyclic) bond motifs is 2. The van der Waals surface area contributed by atoms with Crippen LogP contribution in [0.5, 0.6) is 0 Å². The molecule has 25 heavy (non-hydrogen) atoms. The molecular formula is C20H18N2O3. The first-order valence-corrected chi connectivity index (χ1v) is 8.30. The van der Waals surface area contributed by atoms with Crippen molar-refractivity contribution in [2.24, 2.45) is 0 Å². The molecule has 0 aliphatic carbocycles. The van der Waals surface area contributed by atoms with E-state index in [1.165, 1.54) is 0 Å². The SMILES string of the molecule is O=C(O)c1cc2ccccc2c(N2CCCc3cc(CO)ccc32)n1. The zero-order valence-electron chi connectivity index (χ0n) is 13.6. The number of aliphatic hydroxyl groups excluding tert-OH is 1. The zero-order valence-corrected chi connectivity index (χ0v) is 13.6. The number of aromatic carboxylic acids is 1. The first-order valence-electron chi connectivity index (χ1n) is 8.30. The Morgan fingerprint density at radius 1 is 1.16 bits per heavy atom. The highest BCUT2D eigenvalue weighted by molar-refractivity contribution is 5.99. The summed E-state index contributed by atoms with van der Waals surface area (Å²) in [5, 5.41) is 20.6. The number of aryl methyl sites for hydroxylation is 1. The molecule has 3 aromatic rings. The molecule has 0 saturated heterocycles. The third kappa shape index (κ3) is 2.72. The number of benzene rings is 2. The summed E-state index contributed by atoms with van der Waals surface area (Å²) >= 11 is 0. The molecular weight excluding hydrogens is 316 g/mol. The lowest BCUT2D eigenvalue weighted by Gasteiger charge is -2.31. The van der Waals surface area contributed by atoms with Gasteiger partial charge in [0, 0.05) is 17.6 Å². The largest absolute Gasteiger partial charge is 0.477 e. The van der Waals surface area contributed by atoms with Crippen LogP contribution in [0.15, 0.2) is 48.5 Å². The van der Waals surface area contributed by atoms with Crippen molar-refractivity contribution >= 4 is 28.2 Å². The normalized spacial score (nSPS) is 13.7. The van der Waals surface area contributed by atoms with Crippen molar-refractivity contribution in [2.75, 3.05) is 11.4 Å². The van der Waals surface area contributed by atoms with E-state index in [9.17, 15) is 15.0 Å². The summed E-state index contributed by atoms with van der Waals surface area (Å²) in [5.41, 5.74) is 3.12. The Bertz CT molecular complexity index is 968. The third-order valence-corrected chi connectivity index (χ3v) is 4.64. The highest BCUT2D eigenvalue weighted by Gasteiger charge is 2.22. The van der Waals surface area contributed by atoms with Crippen LogP contribution in [0, 0.1) is 0 Å². The molecule has 0 atom stereocenters. The fourth-order valence-electron chi connectivity index (χ4n) is 3.46. The van der Waals surface area contributed by atoms with Crippen LogP contribution < -0.4 is 4.90 Å². The van der Waals surface area contributed by atoms with E-state index in [0.29, 0.717) is 5.82 Å². The summed E-state index contributed by atoms with van der Waals surface area (Å²) in [6, 6.07) is 15.2. The van der Waals surface area contributed by atoms with E-state index in [1.807, 2.05) is 42.5 Å². The van der Waals surface area contributed by atoms with Gasteiger partial charge in [-0.3, -0.25) is 0 Å². The van der Waals surface area contributed by atoms with Gasteiger partial charge in [-0.1, -0.05) is 36.4 Å². The van der Waals surface area contributed by atoms with E-state index in [1.54, 1.807) is 6.07 Å². The Balaban J connectivity index is 1.92. The maximum Gasteiger partial charge on any atom is 0.354 e. The summed E-state index contributed by atoms with van der Waals surface area (Å²) < 4.78 is 0. The highest BCUT2D eigenvalue weighted by Crippen LogP contribution is 2.36. The van der Waals surface area contributed by atoms with Gasteiger partial charge >= 0.3 is 5.97 Å². The Morgan fingerprint density at radius 2 is 2.00 bits per heavy atom. The molecule has 5 nitrogen and oxygen atoms in total. The Morgan fingerprint density at radius 3 is 2.80 bits per heavy atom. The molecule has 0 amide bonds. The van der Waals surface area contributed by atoms with Crippen LogP contribution in [0.3, 0.4) is 0 Å². The molecule has 1 aliphatic rings. The fraction of sp³-hybridized carbons (Fsp3) is 0.200. The standard InChI is InChI=1S/C20H18N2O3/c23-12-13-7-8-18-15(10-13)5-3-9-22(18)19-16-6-2-1-4-14(16)11-17(21-19)20(24)25/h1-2,4,6-8,10-11,23H,3,5,9,12H2,(H,24,25). The van der Waals surface area contributed by atoms with Crippen molar-refractivity contribution in [3.8, 4) is 0 Å². The molecule has 0 fully saturated rings. The van der Waals surface area contributed by atoms with Crippen molar-refractivity contribution < 1.29 is 15.0 Å². The van der Waals surface area contributed by atoms with E-state index in [-0.39, 0.29) is 12.3 Å². The van der Waals surface area contributed by atoms with Gasteiger partial charge in [0.1, 0.15) is 5.82 Å². The summed E-state index contributed by atoms with van der Waals surface area (Å²) in [4.78, 5) is 18.0. The van der Waals surface area contributed by atoms with Gasteiger partial charge in [-0.2, -0.15) is 0 Å². The van der Waals surface area contributed by atoms with Gasteiger partial charge < -0.3 is 15.1 Å². The minimum Gasteiger partial charge on any atom is -0.477 e. The van der Waals surface area contributed by atoms with Crippen LogP contribution in [-0.4, -0.2) is 27.7 Å². The molecule has 2 N–H and O–H groups in total. The number of carboxylic acids is 1. The average Bonchev–Trinajstić information content (AvgIpc) is 2.66. The van der Waals surface area contributed by atoms with Gasteiger partial charge in [0.2, 0.25) is 0 Å². The predicted molar refractivity (Wildman–Crippen MR) is 96.4 cm³/mol. The topological polar surface area (TPSA) is 73.7 Å². The lowest BCUT2D eigenvalue weighted by molar-refractivity contribution is 0.0691. The number of anilines is 2. The Hall–Kier alpha value is -2.92. The summed E-state index contributed by atoms with van der Waals surface area (Å²) in [6.07, 6.45) is 1.89. The van der Waals surface area contributed by atoms with Crippen molar-refractivity contribution in [2.45, 2.75) is 19.4 Å². The molecule has 2 heterocycles. The second-order valence-electron chi connectivity index (χ2n) is 6.23. The average molecular weight is 334 g/mol. The monoisotopic (exact) mass is 334 g/mol. The van der Waals surface area contributed by atoms with Gasteiger partial charge in [0.05, 0.1) is 6.61 Å². The van der Waals surface area contributed by atoms with Gasteiger partial charge in [-0.15, -0.1) is 0 Å². The third-order valence-electron chi connectivity index (χ3n) is 4.64. The van der Waals surface area contributed by atoms with Crippen LogP contribution in [0.4, 0.5) is 11.5 Å². The van der Waals surface area contributed by atoms with Crippen LogP contribution in [-0.2, 0) is 13.0 Å². The Kier molecular flexibility index (Phi) is 3.86. The fourth-order valence-corrected chi connectivity index (χ4v) is 3.46. The van der Waals surface area contributed by atoms with Gasteiger partial charge in [0.15, 0.2) is 5.69 Å². The summed E-state index contributed by atoms with van der Waals surface area (Å²) in [6.45, 7) is 0.800. The number of hydrogen-bond donors (Lipinski definition) is 2. The first kappa shape index (κ1) is 15.6. The van der Waals surface area contributed by atoms with Gasteiger partial charge in [0.25, 0.3) is 0 Å². The number of carbonyl (C=O) groups is 1. The van der Waals surface area contributed by atoms with E-state index < -0.39 is 5.97 Å². The minimum absolute atomic E-state index is 0.0168. The van der Waals surface area contributed by atoms with Crippen LogP contribution in [0.2, 0.25) is 0 Å². The van der Waals surface area contributed by atoms with Gasteiger partial charge in [-0.05, 0) is 41.5 Å². The quantitative estimate of drug-likeness (QED) is 0.767. The number of nitrogens with zero attached hydrogens (tertiary/aromatic N) is 2. The molecule has 2 aromatic carbocycles.